The number of hydrogen-bond donors (Lipinski definition) is 0. The van der Waals surface area contributed by atoms with Crippen molar-refractivity contribution in [2.24, 2.45) is 16.8 Å². The number of likely N-dealkylation sites (tertiary alicyclic amines) is 1. The Balaban J connectivity index is 1.52. The fourth-order valence-corrected chi connectivity index (χ4v) is 5.02. The van der Waals surface area contributed by atoms with Gasteiger partial charge >= 0.3 is 5.97 Å². The molecule has 2 fully saturated rings. The molecule has 0 amide bonds. The molecule has 2 heterocycles. The van der Waals surface area contributed by atoms with Crippen LogP contribution in [0.5, 0.6) is 0 Å². The molecule has 0 saturated carbocycles. The van der Waals surface area contributed by atoms with Gasteiger partial charge in [-0.2, -0.15) is 0 Å². The lowest BCUT2D eigenvalue weighted by Gasteiger charge is -2.42. The van der Waals surface area contributed by atoms with E-state index < -0.39 is 0 Å². The highest BCUT2D eigenvalue weighted by Gasteiger charge is 2.33. The topological polar surface area (TPSA) is 45.1 Å². The second-order valence-electron chi connectivity index (χ2n) is 8.18. The van der Waals surface area contributed by atoms with E-state index in [9.17, 15) is 4.79 Å². The lowest BCUT2D eigenvalue weighted by molar-refractivity contribution is -0.147. The molecule has 31 heavy (non-hydrogen) atoms. The smallest absolute Gasteiger partial charge is 0.308 e. The first-order chi connectivity index (χ1) is 14.9. The average molecular weight is 464 g/mol. The molecule has 5 nitrogen and oxygen atoms in total. The Labute approximate surface area is 195 Å². The predicted molar refractivity (Wildman–Crippen MR) is 129 cm³/mol. The molecule has 2 aliphatic heterocycles. The van der Waals surface area contributed by atoms with Gasteiger partial charge < -0.3 is 14.5 Å². The van der Waals surface area contributed by atoms with E-state index in [1.165, 1.54) is 12.7 Å². The molecule has 3 rings (SSSR count). The number of carbonyl (C=O) groups excluding carboxylic acids is 1. The predicted octanol–water partition coefficient (Wildman–Crippen LogP) is 5.24. The van der Waals surface area contributed by atoms with Crippen LogP contribution in [0.3, 0.4) is 0 Å². The number of para-hydroxylation sites is 1. The first kappa shape index (κ1) is 23.8. The van der Waals surface area contributed by atoms with Crippen LogP contribution >= 0.6 is 23.2 Å². The molecule has 0 spiro atoms. The summed E-state index contributed by atoms with van der Waals surface area (Å²) in [6.45, 7) is 10.5. The second-order valence-corrected chi connectivity index (χ2v) is 9.00. The van der Waals surface area contributed by atoms with Gasteiger partial charge in [-0.05, 0) is 57.0 Å². The summed E-state index contributed by atoms with van der Waals surface area (Å²) in [5.41, 5.74) is 3.18. The van der Waals surface area contributed by atoms with Gasteiger partial charge in [-0.15, -0.1) is 0 Å². The largest absolute Gasteiger partial charge is 0.469 e. The van der Waals surface area contributed by atoms with Crippen molar-refractivity contribution >= 4 is 40.6 Å². The normalized spacial score (nSPS) is 19.3. The van der Waals surface area contributed by atoms with Gasteiger partial charge in [0.2, 0.25) is 0 Å². The van der Waals surface area contributed by atoms with Crippen LogP contribution in [0.2, 0.25) is 10.0 Å². The number of carbonyl (C=O) groups is 1. The zero-order chi connectivity index (χ0) is 22.4. The van der Waals surface area contributed by atoms with Gasteiger partial charge in [-0.3, -0.25) is 9.79 Å². The van der Waals surface area contributed by atoms with E-state index in [0.29, 0.717) is 16.0 Å². The maximum absolute atomic E-state index is 11.7. The van der Waals surface area contributed by atoms with Crippen LogP contribution in [0.1, 0.15) is 26.2 Å². The van der Waals surface area contributed by atoms with Crippen molar-refractivity contribution in [2.45, 2.75) is 26.2 Å². The molecule has 1 aromatic rings. The Bertz CT molecular complexity index is 834. The van der Waals surface area contributed by atoms with Crippen LogP contribution in [-0.4, -0.2) is 56.4 Å². The van der Waals surface area contributed by atoms with Gasteiger partial charge in [0.1, 0.15) is 0 Å². The molecule has 0 atom stereocenters. The summed E-state index contributed by atoms with van der Waals surface area (Å²) in [6, 6.07) is 5.60. The summed E-state index contributed by atoms with van der Waals surface area (Å²) < 4.78 is 4.87. The summed E-state index contributed by atoms with van der Waals surface area (Å²) in [4.78, 5) is 20.9. The molecule has 1 aromatic carbocycles. The molecule has 7 heteroatoms. The zero-order valence-corrected chi connectivity index (χ0v) is 19.8. The number of anilines is 1. The molecular weight excluding hydrogens is 433 g/mol. The third kappa shape index (κ3) is 5.91. The minimum Gasteiger partial charge on any atom is -0.469 e. The molecule has 168 valence electrons. The highest BCUT2D eigenvalue weighted by molar-refractivity contribution is 6.39. The molecule has 0 unspecified atom stereocenters. The van der Waals surface area contributed by atoms with Crippen LogP contribution < -0.4 is 4.90 Å². The maximum Gasteiger partial charge on any atom is 0.308 e. The Morgan fingerprint density at radius 3 is 2.45 bits per heavy atom. The van der Waals surface area contributed by atoms with E-state index in [1.54, 1.807) is 6.20 Å². The maximum atomic E-state index is 11.7. The van der Waals surface area contributed by atoms with E-state index in [-0.39, 0.29) is 11.9 Å². The number of esters is 1. The Morgan fingerprint density at radius 1 is 1.23 bits per heavy atom. The van der Waals surface area contributed by atoms with Crippen LogP contribution in [0, 0.1) is 11.8 Å². The molecule has 2 saturated heterocycles. The van der Waals surface area contributed by atoms with E-state index in [0.717, 1.165) is 63.4 Å². The summed E-state index contributed by atoms with van der Waals surface area (Å²) in [7, 11) is 1.47. The third-order valence-corrected chi connectivity index (χ3v) is 6.78. The van der Waals surface area contributed by atoms with Crippen LogP contribution in [-0.2, 0) is 9.53 Å². The quantitative estimate of drug-likeness (QED) is 0.390. The van der Waals surface area contributed by atoms with Crippen molar-refractivity contribution < 1.29 is 9.53 Å². The molecule has 2 aliphatic rings. The van der Waals surface area contributed by atoms with Gasteiger partial charge in [0.05, 0.1) is 28.8 Å². The summed E-state index contributed by atoms with van der Waals surface area (Å²) in [6.07, 6.45) is 6.59. The van der Waals surface area contributed by atoms with E-state index >= 15 is 0 Å². The van der Waals surface area contributed by atoms with Crippen molar-refractivity contribution in [3.8, 4) is 0 Å². The number of nitrogens with zero attached hydrogens (tertiary/aromatic N) is 3. The molecule has 0 bridgehead atoms. The molecule has 0 N–H and O–H groups in total. The monoisotopic (exact) mass is 463 g/mol. The van der Waals surface area contributed by atoms with Crippen molar-refractivity contribution in [3.05, 3.63) is 52.7 Å². The number of aliphatic imine (C=N–C) groups is 1. The van der Waals surface area contributed by atoms with Gasteiger partial charge in [0.15, 0.2) is 0 Å². The minimum atomic E-state index is -0.0757. The highest BCUT2D eigenvalue weighted by Crippen LogP contribution is 2.38. The van der Waals surface area contributed by atoms with Crippen LogP contribution in [0.25, 0.3) is 0 Å². The van der Waals surface area contributed by atoms with Gasteiger partial charge in [0.25, 0.3) is 0 Å². The number of piperidine rings is 1. The Kier molecular flexibility index (Phi) is 8.58. The van der Waals surface area contributed by atoms with Crippen LogP contribution in [0.15, 0.2) is 47.6 Å². The second kappa shape index (κ2) is 11.2. The van der Waals surface area contributed by atoms with Crippen molar-refractivity contribution in [3.63, 3.8) is 0 Å². The number of hydrogen-bond acceptors (Lipinski definition) is 5. The molecule has 0 aliphatic carbocycles. The van der Waals surface area contributed by atoms with Gasteiger partial charge in [-0.25, -0.2) is 0 Å². The number of benzene rings is 1. The van der Waals surface area contributed by atoms with Crippen LogP contribution in [0.4, 0.5) is 5.69 Å². The number of allylic oxidation sites excluding steroid dienone is 1. The summed E-state index contributed by atoms with van der Waals surface area (Å²) >= 11 is 12.7. The number of methoxy groups -OCH3 is 1. The number of rotatable bonds is 8. The van der Waals surface area contributed by atoms with Gasteiger partial charge in [-0.1, -0.05) is 41.9 Å². The SMILES string of the molecule is C=C/N=C(\C(C)=C/CCN1CCC(C(=O)OC)CC1)C1CN(c2c(Cl)cccc2Cl)C1. The van der Waals surface area contributed by atoms with Gasteiger partial charge in [0, 0.05) is 37.5 Å². The molecular formula is C24H31Cl2N3O2. The average Bonchev–Trinajstić information content (AvgIpc) is 2.73. The zero-order valence-electron chi connectivity index (χ0n) is 18.3. The number of ether oxygens (including phenoxy) is 1. The highest BCUT2D eigenvalue weighted by atomic mass is 35.5. The summed E-state index contributed by atoms with van der Waals surface area (Å²) in [5, 5.41) is 1.35. The lowest BCUT2D eigenvalue weighted by atomic mass is 9.89. The molecule has 0 radical (unpaired) electrons. The first-order valence-corrected chi connectivity index (χ1v) is 11.5. The lowest BCUT2D eigenvalue weighted by Crippen LogP contribution is -2.51. The number of halogens is 2. The molecule has 0 aromatic heterocycles. The Morgan fingerprint density at radius 2 is 1.87 bits per heavy atom. The van der Waals surface area contributed by atoms with Crippen molar-refractivity contribution in [1.29, 1.82) is 0 Å². The van der Waals surface area contributed by atoms with Crippen molar-refractivity contribution in [1.82, 2.24) is 4.90 Å². The van der Waals surface area contributed by atoms with E-state index in [1.807, 2.05) is 18.2 Å². The Hall–Kier alpha value is -1.82. The summed E-state index contributed by atoms with van der Waals surface area (Å²) in [5.74, 6) is 0.309. The van der Waals surface area contributed by atoms with E-state index in [4.69, 9.17) is 27.9 Å². The standard InChI is InChI=1S/C24H31Cl2N3O2/c1-4-27-22(19-15-29(16-19)23-20(25)8-5-9-21(23)26)17(2)7-6-12-28-13-10-18(11-14-28)24(30)31-3/h4-5,7-9,18-19H,1,6,10-16H2,2-3H3/b17-7-,27-22+. The third-order valence-electron chi connectivity index (χ3n) is 6.17. The first-order valence-electron chi connectivity index (χ1n) is 10.8. The fraction of sp³-hybridized carbons (Fsp3) is 0.500. The minimum absolute atomic E-state index is 0.0537. The fourth-order valence-electron chi connectivity index (χ4n) is 4.38. The van der Waals surface area contributed by atoms with E-state index in [2.05, 4.69) is 34.4 Å². The van der Waals surface area contributed by atoms with Crippen molar-refractivity contribution in [2.75, 3.05) is 44.7 Å².